The fourth-order valence-corrected chi connectivity index (χ4v) is 1.30. The highest BCUT2D eigenvalue weighted by atomic mass is 19.1. The second-order valence-corrected chi connectivity index (χ2v) is 3.41. The molecule has 0 aliphatic rings. The molecule has 0 aliphatic carbocycles. The summed E-state index contributed by atoms with van der Waals surface area (Å²) < 4.78 is 18.0. The Balaban J connectivity index is 3.05. The minimum Gasteiger partial charge on any atom is -0.478 e. The molecule has 0 spiro atoms. The number of carbonyl (C=O) groups excluding carboxylic acids is 1. The molecule has 0 aliphatic heterocycles. The second kappa shape index (κ2) is 5.81. The van der Waals surface area contributed by atoms with Crippen LogP contribution < -0.4 is 5.32 Å². The maximum atomic E-state index is 13.3. The smallest absolute Gasteiger partial charge is 0.411 e. The summed E-state index contributed by atoms with van der Waals surface area (Å²) in [5.74, 6) is -1.88. The first-order valence-corrected chi connectivity index (χ1v) is 5.04. The summed E-state index contributed by atoms with van der Waals surface area (Å²) in [7, 11) is 0. The van der Waals surface area contributed by atoms with Gasteiger partial charge in [0.1, 0.15) is 12.4 Å². The van der Waals surface area contributed by atoms with Crippen molar-refractivity contribution in [3.05, 3.63) is 41.7 Å². The lowest BCUT2D eigenvalue weighted by molar-refractivity contribution is 0.0698. The number of hydrogen-bond donors (Lipinski definition) is 2. The zero-order valence-electron chi connectivity index (χ0n) is 9.70. The van der Waals surface area contributed by atoms with Crippen LogP contribution in [0.15, 0.2) is 24.8 Å². The molecule has 0 saturated heterocycles. The van der Waals surface area contributed by atoms with E-state index in [1.807, 2.05) is 0 Å². The summed E-state index contributed by atoms with van der Waals surface area (Å²) in [4.78, 5) is 22.3. The van der Waals surface area contributed by atoms with Gasteiger partial charge in [-0.1, -0.05) is 12.7 Å². The van der Waals surface area contributed by atoms with Gasteiger partial charge >= 0.3 is 12.1 Å². The first-order chi connectivity index (χ1) is 8.47. The molecular weight excluding hydrogens is 241 g/mol. The third-order valence-electron chi connectivity index (χ3n) is 2.19. The van der Waals surface area contributed by atoms with Crippen LogP contribution in [0.3, 0.4) is 0 Å². The van der Waals surface area contributed by atoms with E-state index in [-0.39, 0.29) is 23.4 Å². The van der Waals surface area contributed by atoms with Crippen LogP contribution in [0, 0.1) is 12.7 Å². The fourth-order valence-electron chi connectivity index (χ4n) is 1.30. The summed E-state index contributed by atoms with van der Waals surface area (Å²) in [5.41, 5.74) is -0.286. The van der Waals surface area contributed by atoms with Crippen LogP contribution in [-0.4, -0.2) is 23.8 Å². The highest BCUT2D eigenvalue weighted by Gasteiger charge is 2.17. The predicted octanol–water partition coefficient (Wildman–Crippen LogP) is 2.57. The highest BCUT2D eigenvalue weighted by Crippen LogP contribution is 2.23. The number of amides is 1. The molecule has 0 heterocycles. The van der Waals surface area contributed by atoms with Crippen molar-refractivity contribution in [1.82, 2.24) is 0 Å². The minimum absolute atomic E-state index is 0.0252. The third kappa shape index (κ3) is 3.07. The van der Waals surface area contributed by atoms with Crippen molar-refractivity contribution in [1.29, 1.82) is 0 Å². The van der Waals surface area contributed by atoms with Gasteiger partial charge in [-0.3, -0.25) is 5.32 Å². The number of rotatable bonds is 4. The molecular formula is C12H12FNO4. The van der Waals surface area contributed by atoms with E-state index in [0.29, 0.717) is 0 Å². The maximum Gasteiger partial charge on any atom is 0.411 e. The Morgan fingerprint density at radius 3 is 2.78 bits per heavy atom. The van der Waals surface area contributed by atoms with Crippen molar-refractivity contribution in [3.8, 4) is 0 Å². The lowest BCUT2D eigenvalue weighted by Gasteiger charge is -2.11. The van der Waals surface area contributed by atoms with E-state index in [1.54, 1.807) is 0 Å². The van der Waals surface area contributed by atoms with Gasteiger partial charge in [-0.15, -0.1) is 0 Å². The Morgan fingerprint density at radius 1 is 1.56 bits per heavy atom. The van der Waals surface area contributed by atoms with E-state index in [4.69, 9.17) is 5.11 Å². The average Bonchev–Trinajstić information content (AvgIpc) is 2.32. The van der Waals surface area contributed by atoms with Crippen LogP contribution >= 0.6 is 0 Å². The number of carboxylic acids is 1. The fraction of sp³-hybridized carbons (Fsp3) is 0.167. The number of ether oxygens (including phenoxy) is 1. The van der Waals surface area contributed by atoms with Crippen LogP contribution in [-0.2, 0) is 4.74 Å². The van der Waals surface area contributed by atoms with E-state index in [1.165, 1.54) is 13.0 Å². The maximum absolute atomic E-state index is 13.3. The van der Waals surface area contributed by atoms with E-state index in [2.05, 4.69) is 16.6 Å². The van der Waals surface area contributed by atoms with E-state index >= 15 is 0 Å². The standard InChI is InChI=1S/C12H12FNO4/c1-3-6-18-12(17)14-10-7(2)9(13)5-4-8(10)11(15)16/h3-5H,1,6H2,2H3,(H,14,17)(H,15,16). The monoisotopic (exact) mass is 253 g/mol. The zero-order valence-corrected chi connectivity index (χ0v) is 9.70. The molecule has 0 aromatic heterocycles. The Labute approximate surface area is 103 Å². The minimum atomic E-state index is -1.27. The van der Waals surface area contributed by atoms with Crippen LogP contribution in [0.1, 0.15) is 15.9 Å². The first kappa shape index (κ1) is 13.7. The van der Waals surface area contributed by atoms with Gasteiger partial charge in [0.05, 0.1) is 11.3 Å². The largest absolute Gasteiger partial charge is 0.478 e. The summed E-state index contributed by atoms with van der Waals surface area (Å²) in [6.45, 7) is 4.70. The van der Waals surface area contributed by atoms with Gasteiger partial charge in [-0.05, 0) is 19.1 Å². The van der Waals surface area contributed by atoms with Crippen LogP contribution in [0.4, 0.5) is 14.9 Å². The zero-order chi connectivity index (χ0) is 13.7. The molecule has 5 nitrogen and oxygen atoms in total. The van der Waals surface area contributed by atoms with Crippen molar-refractivity contribution in [2.24, 2.45) is 0 Å². The van der Waals surface area contributed by atoms with Gasteiger partial charge in [0, 0.05) is 5.56 Å². The van der Waals surface area contributed by atoms with Gasteiger partial charge in [-0.2, -0.15) is 0 Å². The van der Waals surface area contributed by atoms with Gasteiger partial charge in [0.25, 0.3) is 0 Å². The highest BCUT2D eigenvalue weighted by molar-refractivity contribution is 5.99. The van der Waals surface area contributed by atoms with Crippen LogP contribution in [0.25, 0.3) is 0 Å². The number of benzene rings is 1. The summed E-state index contributed by atoms with van der Waals surface area (Å²) in [5, 5.41) is 11.1. The van der Waals surface area contributed by atoms with Gasteiger partial charge in [0.2, 0.25) is 0 Å². The number of hydrogen-bond acceptors (Lipinski definition) is 3. The molecule has 0 bridgehead atoms. The first-order valence-electron chi connectivity index (χ1n) is 5.04. The molecule has 1 aromatic carbocycles. The van der Waals surface area contributed by atoms with Crippen molar-refractivity contribution in [3.63, 3.8) is 0 Å². The SMILES string of the molecule is C=CCOC(=O)Nc1c(C(=O)O)ccc(F)c1C. The van der Waals surface area contributed by atoms with Crippen molar-refractivity contribution in [2.75, 3.05) is 11.9 Å². The Bertz CT molecular complexity index is 499. The quantitative estimate of drug-likeness (QED) is 0.808. The summed E-state index contributed by atoms with van der Waals surface area (Å²) >= 11 is 0. The molecule has 2 N–H and O–H groups in total. The van der Waals surface area contributed by atoms with E-state index in [0.717, 1.165) is 12.1 Å². The second-order valence-electron chi connectivity index (χ2n) is 3.41. The number of carboxylic acid groups (broad SMARTS) is 1. The number of carbonyl (C=O) groups is 2. The van der Waals surface area contributed by atoms with Gasteiger partial charge < -0.3 is 9.84 Å². The molecule has 96 valence electrons. The predicted molar refractivity (Wildman–Crippen MR) is 63.3 cm³/mol. The molecule has 6 heteroatoms. The molecule has 18 heavy (non-hydrogen) atoms. The molecule has 1 amide bonds. The van der Waals surface area contributed by atoms with E-state index in [9.17, 15) is 14.0 Å². The Hall–Kier alpha value is -2.37. The lowest BCUT2D eigenvalue weighted by atomic mass is 10.1. The number of halogens is 1. The number of nitrogens with one attached hydrogen (secondary N) is 1. The lowest BCUT2D eigenvalue weighted by Crippen LogP contribution is -2.17. The average molecular weight is 253 g/mol. The Morgan fingerprint density at radius 2 is 2.22 bits per heavy atom. The normalized spacial score (nSPS) is 9.67. The number of aromatic carboxylic acids is 1. The molecule has 0 fully saturated rings. The summed E-state index contributed by atoms with van der Waals surface area (Å²) in [6, 6.07) is 2.10. The van der Waals surface area contributed by atoms with Gasteiger partial charge in [-0.25, -0.2) is 14.0 Å². The van der Waals surface area contributed by atoms with Crippen LogP contribution in [0.2, 0.25) is 0 Å². The van der Waals surface area contributed by atoms with Crippen LogP contribution in [0.5, 0.6) is 0 Å². The van der Waals surface area contributed by atoms with Crippen molar-refractivity contribution < 1.29 is 23.8 Å². The van der Waals surface area contributed by atoms with Crippen molar-refractivity contribution in [2.45, 2.75) is 6.92 Å². The van der Waals surface area contributed by atoms with E-state index < -0.39 is 17.9 Å². The van der Waals surface area contributed by atoms with Gasteiger partial charge in [0.15, 0.2) is 0 Å². The van der Waals surface area contributed by atoms with Crippen molar-refractivity contribution >= 4 is 17.7 Å². The molecule has 0 atom stereocenters. The third-order valence-corrected chi connectivity index (χ3v) is 2.19. The number of anilines is 1. The molecule has 0 saturated carbocycles. The Kier molecular flexibility index (Phi) is 4.42. The topological polar surface area (TPSA) is 75.6 Å². The molecule has 0 radical (unpaired) electrons. The molecule has 1 rings (SSSR count). The molecule has 0 unspecified atom stereocenters. The molecule has 1 aromatic rings. The summed E-state index contributed by atoms with van der Waals surface area (Å²) in [6.07, 6.45) is 0.488.